The second-order valence-corrected chi connectivity index (χ2v) is 6.08. The van der Waals surface area contributed by atoms with Crippen molar-refractivity contribution in [1.29, 1.82) is 0 Å². The van der Waals surface area contributed by atoms with Gasteiger partial charge in [-0.1, -0.05) is 13.3 Å². The molecule has 1 saturated heterocycles. The smallest absolute Gasteiger partial charge is 0.227 e. The highest BCUT2D eigenvalue weighted by molar-refractivity contribution is 5.79. The summed E-state index contributed by atoms with van der Waals surface area (Å²) in [7, 11) is 1.96. The largest absolute Gasteiger partial charge is 0.357 e. The Morgan fingerprint density at radius 1 is 1.09 bits per heavy atom. The maximum Gasteiger partial charge on any atom is 0.227 e. The Morgan fingerprint density at radius 2 is 1.77 bits per heavy atom. The zero-order valence-corrected chi connectivity index (χ0v) is 13.8. The molecule has 0 unspecified atom stereocenters. The van der Waals surface area contributed by atoms with Crippen molar-refractivity contribution >= 4 is 11.8 Å². The molecule has 2 heterocycles. The van der Waals surface area contributed by atoms with Crippen LogP contribution in [0.1, 0.15) is 38.2 Å². The fourth-order valence-electron chi connectivity index (χ4n) is 2.85. The van der Waals surface area contributed by atoms with Crippen molar-refractivity contribution in [2.24, 2.45) is 7.05 Å². The molecule has 0 radical (unpaired) electrons. The number of amides is 2. The second kappa shape index (κ2) is 8.01. The van der Waals surface area contributed by atoms with Gasteiger partial charge in [0.05, 0.1) is 6.42 Å². The van der Waals surface area contributed by atoms with Gasteiger partial charge in [0, 0.05) is 52.0 Å². The number of carbonyl (C=O) groups excluding carboxylic acids is 2. The van der Waals surface area contributed by atoms with Gasteiger partial charge in [-0.05, 0) is 24.5 Å². The fraction of sp³-hybridized carbons (Fsp3) is 0.647. The van der Waals surface area contributed by atoms with Crippen molar-refractivity contribution in [3.63, 3.8) is 0 Å². The third kappa shape index (κ3) is 4.61. The highest BCUT2D eigenvalue weighted by Gasteiger charge is 2.21. The van der Waals surface area contributed by atoms with E-state index in [1.54, 1.807) is 0 Å². The lowest BCUT2D eigenvalue weighted by Crippen LogP contribution is -2.37. The van der Waals surface area contributed by atoms with E-state index < -0.39 is 0 Å². The Kier molecular flexibility index (Phi) is 6.04. The summed E-state index contributed by atoms with van der Waals surface area (Å²) in [5.41, 5.74) is 1.05. The van der Waals surface area contributed by atoms with Gasteiger partial charge in [0.25, 0.3) is 0 Å². The molecule has 122 valence electrons. The molecule has 1 aromatic heterocycles. The van der Waals surface area contributed by atoms with Crippen molar-refractivity contribution in [2.45, 2.75) is 39.0 Å². The molecule has 0 aromatic carbocycles. The minimum atomic E-state index is 0.161. The third-order valence-corrected chi connectivity index (χ3v) is 4.19. The number of unbranched alkanes of at least 4 members (excludes halogenated alkanes) is 1. The number of hydrogen-bond donors (Lipinski definition) is 0. The van der Waals surface area contributed by atoms with E-state index in [1.807, 2.05) is 39.9 Å². The molecular formula is C17H27N3O2. The monoisotopic (exact) mass is 305 g/mol. The van der Waals surface area contributed by atoms with E-state index in [1.165, 1.54) is 0 Å². The first-order valence-electron chi connectivity index (χ1n) is 8.26. The molecule has 0 saturated carbocycles. The number of nitrogens with zero attached hydrogens (tertiary/aromatic N) is 3. The zero-order valence-electron chi connectivity index (χ0n) is 13.8. The summed E-state index contributed by atoms with van der Waals surface area (Å²) in [6, 6.07) is 1.98. The predicted octanol–water partition coefficient (Wildman–Crippen LogP) is 1.82. The molecule has 1 aromatic rings. The van der Waals surface area contributed by atoms with Crippen molar-refractivity contribution < 1.29 is 9.59 Å². The molecule has 0 atom stereocenters. The standard InChI is InChI=1S/C17H27N3O2/c1-3-4-6-16(21)19-8-5-9-20(12-11-19)17(22)13-15-7-10-18(2)14-15/h7,10,14H,3-6,8-9,11-13H2,1-2H3. The van der Waals surface area contributed by atoms with Crippen LogP contribution in [0.25, 0.3) is 0 Å². The fourth-order valence-corrected chi connectivity index (χ4v) is 2.85. The highest BCUT2D eigenvalue weighted by atomic mass is 16.2. The molecule has 5 nitrogen and oxygen atoms in total. The third-order valence-electron chi connectivity index (χ3n) is 4.19. The van der Waals surface area contributed by atoms with E-state index in [9.17, 15) is 9.59 Å². The Morgan fingerprint density at radius 3 is 2.36 bits per heavy atom. The minimum absolute atomic E-state index is 0.161. The predicted molar refractivity (Wildman–Crippen MR) is 86.4 cm³/mol. The van der Waals surface area contributed by atoms with Gasteiger partial charge in [-0.25, -0.2) is 0 Å². The molecule has 1 aliphatic rings. The molecule has 1 aliphatic heterocycles. The molecule has 2 amide bonds. The molecule has 0 aliphatic carbocycles. The first kappa shape index (κ1) is 16.6. The van der Waals surface area contributed by atoms with E-state index >= 15 is 0 Å². The maximum atomic E-state index is 12.4. The topological polar surface area (TPSA) is 45.6 Å². The number of rotatable bonds is 5. The van der Waals surface area contributed by atoms with Crippen LogP contribution in [0.3, 0.4) is 0 Å². The van der Waals surface area contributed by atoms with Crippen LogP contribution in [0, 0.1) is 0 Å². The number of carbonyl (C=O) groups is 2. The highest BCUT2D eigenvalue weighted by Crippen LogP contribution is 2.10. The average Bonchev–Trinajstić information content (AvgIpc) is 2.77. The normalized spacial score (nSPS) is 15.7. The van der Waals surface area contributed by atoms with E-state index in [0.29, 0.717) is 25.9 Å². The van der Waals surface area contributed by atoms with Crippen LogP contribution < -0.4 is 0 Å². The van der Waals surface area contributed by atoms with E-state index in [4.69, 9.17) is 0 Å². The summed E-state index contributed by atoms with van der Waals surface area (Å²) in [5.74, 6) is 0.397. The molecule has 1 fully saturated rings. The molecular weight excluding hydrogens is 278 g/mol. The van der Waals surface area contributed by atoms with Crippen molar-refractivity contribution in [2.75, 3.05) is 26.2 Å². The number of aryl methyl sites for hydroxylation is 1. The lowest BCUT2D eigenvalue weighted by molar-refractivity contribution is -0.133. The van der Waals surface area contributed by atoms with Gasteiger partial charge >= 0.3 is 0 Å². The molecule has 2 rings (SSSR count). The quantitative estimate of drug-likeness (QED) is 0.833. The average molecular weight is 305 g/mol. The van der Waals surface area contributed by atoms with Gasteiger partial charge in [0.2, 0.25) is 11.8 Å². The van der Waals surface area contributed by atoms with Crippen LogP contribution in [0.4, 0.5) is 0 Å². The van der Waals surface area contributed by atoms with Crippen LogP contribution in [0.15, 0.2) is 18.5 Å². The Hall–Kier alpha value is -1.78. The first-order valence-corrected chi connectivity index (χ1v) is 8.26. The summed E-state index contributed by atoms with van der Waals surface area (Å²) < 4.78 is 1.96. The van der Waals surface area contributed by atoms with Gasteiger partial charge in [-0.3, -0.25) is 9.59 Å². The summed E-state index contributed by atoms with van der Waals surface area (Å²) >= 11 is 0. The Balaban J connectivity index is 1.84. The van der Waals surface area contributed by atoms with Crippen LogP contribution in [-0.2, 0) is 23.1 Å². The second-order valence-electron chi connectivity index (χ2n) is 6.08. The van der Waals surface area contributed by atoms with Crippen molar-refractivity contribution in [3.05, 3.63) is 24.0 Å². The van der Waals surface area contributed by atoms with Gasteiger partial charge in [0.15, 0.2) is 0 Å². The Bertz CT molecular complexity index is 510. The summed E-state index contributed by atoms with van der Waals surface area (Å²) in [5, 5.41) is 0. The summed E-state index contributed by atoms with van der Waals surface area (Å²) in [4.78, 5) is 28.3. The lowest BCUT2D eigenvalue weighted by atomic mass is 10.2. The van der Waals surface area contributed by atoms with Gasteiger partial charge in [0.1, 0.15) is 0 Å². The lowest BCUT2D eigenvalue weighted by Gasteiger charge is -2.22. The van der Waals surface area contributed by atoms with Crippen LogP contribution in [0.2, 0.25) is 0 Å². The van der Waals surface area contributed by atoms with Crippen molar-refractivity contribution in [3.8, 4) is 0 Å². The number of aromatic nitrogens is 1. The molecule has 5 heteroatoms. The number of hydrogen-bond acceptors (Lipinski definition) is 2. The van der Waals surface area contributed by atoms with Crippen LogP contribution >= 0.6 is 0 Å². The van der Waals surface area contributed by atoms with Crippen molar-refractivity contribution in [1.82, 2.24) is 14.4 Å². The Labute approximate surface area is 132 Å². The summed E-state index contributed by atoms with van der Waals surface area (Å²) in [6.07, 6.45) is 7.89. The van der Waals surface area contributed by atoms with Gasteiger partial charge < -0.3 is 14.4 Å². The first-order chi connectivity index (χ1) is 10.6. The maximum absolute atomic E-state index is 12.4. The minimum Gasteiger partial charge on any atom is -0.357 e. The zero-order chi connectivity index (χ0) is 15.9. The molecule has 0 N–H and O–H groups in total. The summed E-state index contributed by atoms with van der Waals surface area (Å²) in [6.45, 7) is 4.95. The van der Waals surface area contributed by atoms with Crippen LogP contribution in [0.5, 0.6) is 0 Å². The van der Waals surface area contributed by atoms with E-state index in [2.05, 4.69) is 6.92 Å². The van der Waals surface area contributed by atoms with Gasteiger partial charge in [-0.2, -0.15) is 0 Å². The van der Waals surface area contributed by atoms with E-state index in [-0.39, 0.29) is 11.8 Å². The molecule has 0 bridgehead atoms. The molecule has 22 heavy (non-hydrogen) atoms. The van der Waals surface area contributed by atoms with Gasteiger partial charge in [-0.15, -0.1) is 0 Å². The molecule has 0 spiro atoms. The SMILES string of the molecule is CCCCC(=O)N1CCCN(C(=O)Cc2ccn(C)c2)CC1. The van der Waals surface area contributed by atoms with Crippen LogP contribution in [-0.4, -0.2) is 52.4 Å². The van der Waals surface area contributed by atoms with E-state index in [0.717, 1.165) is 37.9 Å².